The first-order valence-electron chi connectivity index (χ1n) is 13.5. The molecule has 39 heavy (non-hydrogen) atoms. The van der Waals surface area contributed by atoms with Crippen LogP contribution in [0.4, 0.5) is 0 Å². The standard InChI is InChI=1S/C31H40ClN3O4/c1-4-23(32)12-9-15-26-25(14-6-8-17-29(36)37)34-20-18-22(11-10-19-33-26)30(38)35-27-21-31(2,3)39-28-16-7-5-13-24(27)28/h4-5,7,9-11,13,15-16,18,23,27,29,36-37H,1,6,8,12,14,17,19-21H2,2-3H3,(H,35,38)/b11-10-,15-9+,22-18+,33-26-,34-25-. The monoisotopic (exact) mass is 553 g/mol. The van der Waals surface area contributed by atoms with Gasteiger partial charge >= 0.3 is 0 Å². The number of hydrogen-bond acceptors (Lipinski definition) is 6. The van der Waals surface area contributed by atoms with E-state index in [4.69, 9.17) is 26.3 Å². The van der Waals surface area contributed by atoms with Crippen molar-refractivity contribution >= 4 is 28.9 Å². The molecule has 0 saturated heterocycles. The zero-order valence-corrected chi connectivity index (χ0v) is 23.6. The molecule has 2 aliphatic rings. The predicted octanol–water partition coefficient (Wildman–Crippen LogP) is 5.39. The number of allylic oxidation sites excluding steroid dienone is 3. The number of carbonyl (C=O) groups is 1. The van der Waals surface area contributed by atoms with Crippen LogP contribution in [0.3, 0.4) is 0 Å². The number of aliphatic hydroxyl groups is 2. The Bertz CT molecular complexity index is 1150. The largest absolute Gasteiger partial charge is 0.487 e. The molecule has 3 N–H and O–H groups in total. The van der Waals surface area contributed by atoms with Gasteiger partial charge in [-0.3, -0.25) is 14.8 Å². The summed E-state index contributed by atoms with van der Waals surface area (Å²) in [5, 5.41) is 21.4. The molecule has 2 heterocycles. The van der Waals surface area contributed by atoms with Crippen LogP contribution in [0, 0.1) is 0 Å². The second kappa shape index (κ2) is 15.0. The van der Waals surface area contributed by atoms with Crippen molar-refractivity contribution in [3.05, 3.63) is 78.4 Å². The molecule has 7 nitrogen and oxygen atoms in total. The highest BCUT2D eigenvalue weighted by atomic mass is 35.5. The maximum absolute atomic E-state index is 13.4. The fourth-order valence-electron chi connectivity index (χ4n) is 4.55. The number of nitrogens with zero attached hydrogens (tertiary/aromatic N) is 2. The van der Waals surface area contributed by atoms with Crippen LogP contribution in [0.2, 0.25) is 0 Å². The van der Waals surface area contributed by atoms with E-state index in [2.05, 4.69) is 11.9 Å². The molecule has 2 atom stereocenters. The van der Waals surface area contributed by atoms with E-state index in [1.54, 1.807) is 12.2 Å². The SMILES string of the molecule is C=CC(Cl)C/C=C/C1=N/C/C=C\C(C(=O)NC2CC(C)(C)Oc3ccccc32)=C/C/N=C\1CCCCC(O)O. The van der Waals surface area contributed by atoms with Crippen LogP contribution in [0.15, 0.2) is 82.9 Å². The molecular formula is C31H40ClN3O4. The average Bonchev–Trinajstić information content (AvgIpc) is 2.89. The number of aliphatic hydroxyl groups excluding tert-OH is 1. The highest BCUT2D eigenvalue weighted by Gasteiger charge is 2.34. The molecular weight excluding hydrogens is 514 g/mol. The minimum absolute atomic E-state index is 0.162. The molecule has 0 bridgehead atoms. The summed E-state index contributed by atoms with van der Waals surface area (Å²) >= 11 is 6.17. The fraction of sp³-hybridized carbons (Fsp3) is 0.452. The lowest BCUT2D eigenvalue weighted by atomic mass is 9.89. The van der Waals surface area contributed by atoms with Crippen molar-refractivity contribution in [3.8, 4) is 5.75 Å². The summed E-state index contributed by atoms with van der Waals surface area (Å²) in [7, 11) is 0. The van der Waals surface area contributed by atoms with Gasteiger partial charge in [0.15, 0.2) is 6.29 Å². The van der Waals surface area contributed by atoms with Crippen LogP contribution in [0.1, 0.15) is 64.0 Å². The van der Waals surface area contributed by atoms with E-state index in [1.165, 1.54) is 0 Å². The molecule has 2 unspecified atom stereocenters. The number of halogens is 1. The van der Waals surface area contributed by atoms with Crippen LogP contribution in [-0.2, 0) is 4.79 Å². The molecule has 1 aromatic rings. The number of fused-ring (bicyclic) bond motifs is 1. The molecule has 0 spiro atoms. The van der Waals surface area contributed by atoms with E-state index in [1.807, 2.05) is 62.4 Å². The molecule has 0 fully saturated rings. The Morgan fingerprint density at radius 3 is 2.82 bits per heavy atom. The van der Waals surface area contributed by atoms with E-state index >= 15 is 0 Å². The van der Waals surface area contributed by atoms with Crippen molar-refractivity contribution in [2.75, 3.05) is 13.1 Å². The minimum atomic E-state index is -1.31. The number of nitrogens with one attached hydrogen (secondary N) is 1. The van der Waals surface area contributed by atoms with E-state index in [9.17, 15) is 15.0 Å². The van der Waals surface area contributed by atoms with E-state index in [0.717, 1.165) is 29.2 Å². The summed E-state index contributed by atoms with van der Waals surface area (Å²) in [6.07, 6.45) is 13.4. The van der Waals surface area contributed by atoms with Crippen LogP contribution >= 0.6 is 11.6 Å². The third-order valence-electron chi connectivity index (χ3n) is 6.52. The van der Waals surface area contributed by atoms with Crippen LogP contribution < -0.4 is 10.1 Å². The molecule has 8 heteroatoms. The number of para-hydroxylation sites is 1. The van der Waals surface area contributed by atoms with Gasteiger partial charge in [0.2, 0.25) is 0 Å². The van der Waals surface area contributed by atoms with Crippen molar-refractivity contribution in [1.29, 1.82) is 0 Å². The van der Waals surface area contributed by atoms with Gasteiger partial charge in [0.05, 0.1) is 35.9 Å². The predicted molar refractivity (Wildman–Crippen MR) is 159 cm³/mol. The van der Waals surface area contributed by atoms with Crippen LogP contribution in [0.25, 0.3) is 0 Å². The van der Waals surface area contributed by atoms with Gasteiger partial charge < -0.3 is 20.3 Å². The Hall–Kier alpha value is -3.00. The molecule has 210 valence electrons. The first kappa shape index (κ1) is 30.5. The summed E-state index contributed by atoms with van der Waals surface area (Å²) in [6, 6.07) is 7.65. The summed E-state index contributed by atoms with van der Waals surface area (Å²) in [4.78, 5) is 22.9. The molecule has 0 aliphatic carbocycles. The highest BCUT2D eigenvalue weighted by molar-refractivity contribution is 6.46. The first-order valence-corrected chi connectivity index (χ1v) is 13.9. The number of hydrogen-bond donors (Lipinski definition) is 3. The van der Waals surface area contributed by atoms with Gasteiger partial charge in [-0.15, -0.1) is 18.2 Å². The molecule has 0 aromatic heterocycles. The van der Waals surface area contributed by atoms with Gasteiger partial charge in [-0.2, -0.15) is 0 Å². The normalized spacial score (nSPS) is 24.7. The Morgan fingerprint density at radius 1 is 1.26 bits per heavy atom. The average molecular weight is 554 g/mol. The maximum atomic E-state index is 13.4. The number of benzene rings is 1. The third kappa shape index (κ3) is 9.92. The quantitative estimate of drug-likeness (QED) is 0.148. The summed E-state index contributed by atoms with van der Waals surface area (Å²) in [5.41, 5.74) is 2.69. The number of unbranched alkanes of at least 4 members (excludes halogenated alkanes) is 1. The van der Waals surface area contributed by atoms with E-state index in [0.29, 0.717) is 50.8 Å². The maximum Gasteiger partial charge on any atom is 0.251 e. The Balaban J connectivity index is 1.77. The van der Waals surface area contributed by atoms with Gasteiger partial charge in [-0.1, -0.05) is 48.6 Å². The van der Waals surface area contributed by atoms with Gasteiger partial charge in [0.1, 0.15) is 11.4 Å². The number of aliphatic imine (C=N–C) groups is 2. The van der Waals surface area contributed by atoms with Crippen LogP contribution in [-0.4, -0.2) is 57.9 Å². The number of carbonyl (C=O) groups excluding carboxylic acids is 1. The minimum Gasteiger partial charge on any atom is -0.487 e. The Labute approximate surface area is 236 Å². The molecule has 1 aromatic carbocycles. The lowest BCUT2D eigenvalue weighted by Gasteiger charge is -2.37. The molecule has 1 amide bonds. The zero-order chi connectivity index (χ0) is 28.3. The second-order valence-electron chi connectivity index (χ2n) is 10.3. The van der Waals surface area contributed by atoms with Gasteiger partial charge in [0, 0.05) is 17.6 Å². The second-order valence-corrected chi connectivity index (χ2v) is 10.9. The van der Waals surface area contributed by atoms with Crippen molar-refractivity contribution in [2.45, 2.75) is 75.7 Å². The zero-order valence-electron chi connectivity index (χ0n) is 22.9. The van der Waals surface area contributed by atoms with Crippen molar-refractivity contribution in [1.82, 2.24) is 5.32 Å². The topological polar surface area (TPSA) is 104 Å². The number of amides is 1. The van der Waals surface area contributed by atoms with E-state index < -0.39 is 11.9 Å². The summed E-state index contributed by atoms with van der Waals surface area (Å²) < 4.78 is 6.11. The van der Waals surface area contributed by atoms with Gasteiger partial charge in [-0.05, 0) is 58.1 Å². The van der Waals surface area contributed by atoms with Gasteiger partial charge in [-0.25, -0.2) is 0 Å². The van der Waals surface area contributed by atoms with Gasteiger partial charge in [0.25, 0.3) is 5.91 Å². The Morgan fingerprint density at radius 2 is 2.05 bits per heavy atom. The van der Waals surface area contributed by atoms with Crippen LogP contribution in [0.5, 0.6) is 5.75 Å². The number of rotatable bonds is 11. The highest BCUT2D eigenvalue weighted by Crippen LogP contribution is 2.39. The lowest BCUT2D eigenvalue weighted by molar-refractivity contribution is -0.118. The molecule has 0 saturated carbocycles. The number of ether oxygens (including phenoxy) is 1. The Kier molecular flexibility index (Phi) is 11.7. The number of alkyl halides is 1. The first-order chi connectivity index (χ1) is 18.7. The fourth-order valence-corrected chi connectivity index (χ4v) is 4.65. The molecule has 3 rings (SSSR count). The van der Waals surface area contributed by atoms with Crippen molar-refractivity contribution < 1.29 is 19.7 Å². The van der Waals surface area contributed by atoms with Crippen molar-refractivity contribution in [2.24, 2.45) is 9.98 Å². The lowest BCUT2D eigenvalue weighted by Crippen LogP contribution is -2.41. The summed E-state index contributed by atoms with van der Waals surface area (Å²) in [5.74, 6) is 0.626. The van der Waals surface area contributed by atoms with E-state index in [-0.39, 0.29) is 17.3 Å². The molecule has 2 aliphatic heterocycles. The third-order valence-corrected chi connectivity index (χ3v) is 6.87. The molecule has 0 radical (unpaired) electrons. The van der Waals surface area contributed by atoms with Crippen molar-refractivity contribution in [3.63, 3.8) is 0 Å². The smallest absolute Gasteiger partial charge is 0.251 e. The summed E-state index contributed by atoms with van der Waals surface area (Å²) in [6.45, 7) is 8.47.